The molecule has 0 saturated carbocycles. The maximum atomic E-state index is 11.3. The van der Waals surface area contributed by atoms with Crippen molar-refractivity contribution in [3.05, 3.63) is 41.7 Å². The van der Waals surface area contributed by atoms with E-state index in [-0.39, 0.29) is 0 Å². The number of rotatable bonds is 5. The smallest absolute Gasteiger partial charge is 0.324 e. The maximum Gasteiger partial charge on any atom is 0.324 e. The van der Waals surface area contributed by atoms with Gasteiger partial charge in [0.15, 0.2) is 0 Å². The van der Waals surface area contributed by atoms with Gasteiger partial charge < -0.3 is 10.8 Å². The molecule has 0 aliphatic rings. The highest BCUT2D eigenvalue weighted by molar-refractivity contribution is 5.79. The maximum absolute atomic E-state index is 11.3. The van der Waals surface area contributed by atoms with E-state index in [4.69, 9.17) is 5.73 Å². The summed E-state index contributed by atoms with van der Waals surface area (Å²) in [6, 6.07) is 3.57. The van der Waals surface area contributed by atoms with Crippen LogP contribution in [0.25, 0.3) is 0 Å². The number of carbonyl (C=O) groups is 1. The van der Waals surface area contributed by atoms with E-state index in [1.807, 2.05) is 19.9 Å². The Morgan fingerprint density at radius 2 is 2.06 bits per heavy atom. The molecule has 17 heavy (non-hydrogen) atoms. The lowest BCUT2D eigenvalue weighted by Gasteiger charge is -2.23. The number of aromatic nitrogens is 1. The Bertz CT molecular complexity index is 411. The van der Waals surface area contributed by atoms with Gasteiger partial charge in [-0.3, -0.25) is 9.78 Å². The number of aliphatic carboxylic acids is 1. The van der Waals surface area contributed by atoms with E-state index in [2.05, 4.69) is 4.98 Å². The Hall–Kier alpha value is -1.68. The molecule has 0 spiro atoms. The van der Waals surface area contributed by atoms with Gasteiger partial charge in [0, 0.05) is 18.8 Å². The average molecular weight is 234 g/mol. The first-order chi connectivity index (χ1) is 7.94. The number of carboxylic acids is 1. The van der Waals surface area contributed by atoms with Crippen LogP contribution in [0.5, 0.6) is 0 Å². The number of nitrogens with two attached hydrogens (primary N) is 1. The van der Waals surface area contributed by atoms with E-state index >= 15 is 0 Å². The zero-order valence-electron chi connectivity index (χ0n) is 10.2. The van der Waals surface area contributed by atoms with Crippen molar-refractivity contribution in [1.82, 2.24) is 4.98 Å². The quantitative estimate of drug-likeness (QED) is 0.761. The van der Waals surface area contributed by atoms with Gasteiger partial charge >= 0.3 is 5.97 Å². The van der Waals surface area contributed by atoms with E-state index < -0.39 is 11.5 Å². The van der Waals surface area contributed by atoms with E-state index in [1.54, 1.807) is 24.5 Å². The van der Waals surface area contributed by atoms with Crippen LogP contribution in [0.1, 0.15) is 25.8 Å². The van der Waals surface area contributed by atoms with Crippen molar-refractivity contribution in [3.8, 4) is 0 Å². The summed E-state index contributed by atoms with van der Waals surface area (Å²) in [5.41, 5.74) is 6.65. The molecule has 0 aromatic carbocycles. The molecule has 1 aromatic heterocycles. The third-order valence-electron chi connectivity index (χ3n) is 2.57. The number of hydrogen-bond acceptors (Lipinski definition) is 3. The first-order valence-corrected chi connectivity index (χ1v) is 5.48. The van der Waals surface area contributed by atoms with Crippen molar-refractivity contribution < 1.29 is 9.90 Å². The summed E-state index contributed by atoms with van der Waals surface area (Å²) in [5, 5.41) is 9.24. The van der Waals surface area contributed by atoms with Crippen LogP contribution in [0.15, 0.2) is 36.2 Å². The predicted octanol–water partition coefficient (Wildman–Crippen LogP) is 1.76. The molecule has 0 bridgehead atoms. The largest absolute Gasteiger partial charge is 0.480 e. The SMILES string of the molecule is CC(C)=CCC(N)(Cc1ccncc1)C(=O)O. The van der Waals surface area contributed by atoms with Crippen LogP contribution >= 0.6 is 0 Å². The first kappa shape index (κ1) is 13.4. The highest BCUT2D eigenvalue weighted by Crippen LogP contribution is 2.16. The van der Waals surface area contributed by atoms with Gasteiger partial charge in [0.1, 0.15) is 5.54 Å². The van der Waals surface area contributed by atoms with Crippen LogP contribution in [0.3, 0.4) is 0 Å². The Morgan fingerprint density at radius 3 is 2.53 bits per heavy atom. The molecule has 3 N–H and O–H groups in total. The normalized spacial score (nSPS) is 13.8. The zero-order chi connectivity index (χ0) is 12.9. The Kier molecular flexibility index (Phi) is 4.40. The van der Waals surface area contributed by atoms with Gasteiger partial charge in [-0.2, -0.15) is 0 Å². The molecule has 1 heterocycles. The van der Waals surface area contributed by atoms with Crippen LogP contribution in [0.2, 0.25) is 0 Å². The van der Waals surface area contributed by atoms with Crippen molar-refractivity contribution >= 4 is 5.97 Å². The third-order valence-corrected chi connectivity index (χ3v) is 2.57. The summed E-state index contributed by atoms with van der Waals surface area (Å²) in [4.78, 5) is 15.2. The van der Waals surface area contributed by atoms with Gasteiger partial charge in [0.25, 0.3) is 0 Å². The van der Waals surface area contributed by atoms with Crippen molar-refractivity contribution in [2.75, 3.05) is 0 Å². The Labute approximate surface area is 101 Å². The second-order valence-electron chi connectivity index (χ2n) is 4.48. The molecule has 1 unspecified atom stereocenters. The molecule has 0 radical (unpaired) electrons. The second-order valence-corrected chi connectivity index (χ2v) is 4.48. The minimum Gasteiger partial charge on any atom is -0.480 e. The lowest BCUT2D eigenvalue weighted by atomic mass is 9.88. The van der Waals surface area contributed by atoms with Gasteiger partial charge in [-0.05, 0) is 38.0 Å². The van der Waals surface area contributed by atoms with Crippen LogP contribution in [-0.4, -0.2) is 21.6 Å². The number of allylic oxidation sites excluding steroid dienone is 1. The van der Waals surface area contributed by atoms with E-state index in [0.29, 0.717) is 12.8 Å². The van der Waals surface area contributed by atoms with Gasteiger partial charge in [-0.25, -0.2) is 0 Å². The number of pyridine rings is 1. The fourth-order valence-corrected chi connectivity index (χ4v) is 1.49. The van der Waals surface area contributed by atoms with E-state index in [1.165, 1.54) is 0 Å². The summed E-state index contributed by atoms with van der Waals surface area (Å²) < 4.78 is 0. The highest BCUT2D eigenvalue weighted by Gasteiger charge is 2.32. The van der Waals surface area contributed by atoms with E-state index in [9.17, 15) is 9.90 Å². The standard InChI is InChI=1S/C13H18N2O2/c1-10(2)3-6-13(14,12(16)17)9-11-4-7-15-8-5-11/h3-5,7-8H,6,9,14H2,1-2H3,(H,16,17). The van der Waals surface area contributed by atoms with Gasteiger partial charge in [0.2, 0.25) is 0 Å². The number of hydrogen-bond donors (Lipinski definition) is 2. The van der Waals surface area contributed by atoms with Crippen molar-refractivity contribution in [1.29, 1.82) is 0 Å². The van der Waals surface area contributed by atoms with Crippen LogP contribution in [-0.2, 0) is 11.2 Å². The average Bonchev–Trinajstić information content (AvgIpc) is 2.27. The third kappa shape index (κ3) is 4.00. The topological polar surface area (TPSA) is 76.2 Å². The molecule has 1 atom stereocenters. The van der Waals surface area contributed by atoms with Gasteiger partial charge in [-0.15, -0.1) is 0 Å². The fourth-order valence-electron chi connectivity index (χ4n) is 1.49. The second kappa shape index (κ2) is 5.59. The summed E-state index contributed by atoms with van der Waals surface area (Å²) in [5.74, 6) is -0.980. The number of nitrogens with zero attached hydrogens (tertiary/aromatic N) is 1. The van der Waals surface area contributed by atoms with Gasteiger partial charge in [-0.1, -0.05) is 11.6 Å². The van der Waals surface area contributed by atoms with Crippen LogP contribution < -0.4 is 5.73 Å². The fraction of sp³-hybridized carbons (Fsp3) is 0.385. The molecular formula is C13H18N2O2. The van der Waals surface area contributed by atoms with Crippen LogP contribution in [0.4, 0.5) is 0 Å². The molecule has 1 rings (SSSR count). The van der Waals surface area contributed by atoms with Gasteiger partial charge in [0.05, 0.1) is 0 Å². The van der Waals surface area contributed by atoms with E-state index in [0.717, 1.165) is 11.1 Å². The lowest BCUT2D eigenvalue weighted by molar-refractivity contribution is -0.143. The van der Waals surface area contributed by atoms with Crippen LogP contribution in [0, 0.1) is 0 Å². The summed E-state index contributed by atoms with van der Waals surface area (Å²) in [6.45, 7) is 3.85. The first-order valence-electron chi connectivity index (χ1n) is 5.48. The minimum atomic E-state index is -1.25. The predicted molar refractivity (Wildman–Crippen MR) is 66.5 cm³/mol. The molecule has 0 aliphatic heterocycles. The monoisotopic (exact) mass is 234 g/mol. The van der Waals surface area contributed by atoms with Crippen molar-refractivity contribution in [2.45, 2.75) is 32.2 Å². The molecule has 0 amide bonds. The van der Waals surface area contributed by atoms with Crippen molar-refractivity contribution in [3.63, 3.8) is 0 Å². The number of carboxylic acid groups (broad SMARTS) is 1. The molecule has 0 saturated heterocycles. The lowest BCUT2D eigenvalue weighted by Crippen LogP contribution is -2.49. The molecule has 1 aromatic rings. The molecule has 0 fully saturated rings. The highest BCUT2D eigenvalue weighted by atomic mass is 16.4. The molecular weight excluding hydrogens is 216 g/mol. The zero-order valence-corrected chi connectivity index (χ0v) is 10.2. The van der Waals surface area contributed by atoms with Crippen molar-refractivity contribution in [2.24, 2.45) is 5.73 Å². The molecule has 92 valence electrons. The summed E-state index contributed by atoms with van der Waals surface area (Å²) in [7, 11) is 0. The summed E-state index contributed by atoms with van der Waals surface area (Å²) >= 11 is 0. The Morgan fingerprint density at radius 1 is 1.47 bits per heavy atom. The minimum absolute atomic E-state index is 0.300. The summed E-state index contributed by atoms with van der Waals surface area (Å²) in [6.07, 6.45) is 5.76. The molecule has 0 aliphatic carbocycles. The molecule has 4 nitrogen and oxygen atoms in total. The molecule has 4 heteroatoms. The Balaban J connectivity index is 2.86.